The number of nitrogens with zero attached hydrogens (tertiary/aromatic N) is 2. The lowest BCUT2D eigenvalue weighted by atomic mass is 10.0. The number of hydrogen-bond acceptors (Lipinski definition) is 4. The summed E-state index contributed by atoms with van der Waals surface area (Å²) in [5.74, 6) is 0.644. The Bertz CT molecular complexity index is 392. The van der Waals surface area contributed by atoms with Gasteiger partial charge in [-0.2, -0.15) is 0 Å². The molecule has 3 rings (SSSR count). The Hall–Kier alpha value is -0.970. The van der Waals surface area contributed by atoms with E-state index in [1.165, 1.54) is 5.56 Å². The van der Waals surface area contributed by atoms with Crippen molar-refractivity contribution in [1.29, 1.82) is 0 Å². The quantitative estimate of drug-likeness (QED) is 0.882. The van der Waals surface area contributed by atoms with Crippen molar-refractivity contribution in [1.82, 2.24) is 9.88 Å². The summed E-state index contributed by atoms with van der Waals surface area (Å²) >= 11 is 0. The molecule has 2 fully saturated rings. The maximum absolute atomic E-state index is 10.2. The highest BCUT2D eigenvalue weighted by Gasteiger charge is 2.34. The maximum Gasteiger partial charge on any atom is 0.0710 e. The molecule has 4 nitrogen and oxygen atoms in total. The Kier molecular flexibility index (Phi) is 4.11. The van der Waals surface area contributed by atoms with Gasteiger partial charge in [-0.3, -0.25) is 9.88 Å². The van der Waals surface area contributed by atoms with Gasteiger partial charge in [0.2, 0.25) is 0 Å². The first-order chi connectivity index (χ1) is 9.33. The van der Waals surface area contributed by atoms with Crippen molar-refractivity contribution in [2.75, 3.05) is 26.3 Å². The van der Waals surface area contributed by atoms with Crippen LogP contribution in [0.5, 0.6) is 0 Å². The predicted octanol–water partition coefficient (Wildman–Crippen LogP) is 1.10. The Morgan fingerprint density at radius 3 is 2.89 bits per heavy atom. The topological polar surface area (TPSA) is 45.6 Å². The standard InChI is InChI=1S/C15H22N2O2/c18-15-3-7-17(10-13-4-8-19-11-13)14(15)9-12-1-5-16-6-2-12/h1-2,5-6,13-15,18H,3-4,7-11H2/t13?,14-,15-/m0/s1. The van der Waals surface area contributed by atoms with Crippen molar-refractivity contribution in [2.24, 2.45) is 5.92 Å². The lowest BCUT2D eigenvalue weighted by Gasteiger charge is -2.28. The van der Waals surface area contributed by atoms with Crippen LogP contribution in [0.1, 0.15) is 18.4 Å². The molecule has 0 spiro atoms. The summed E-state index contributed by atoms with van der Waals surface area (Å²) in [4.78, 5) is 6.50. The SMILES string of the molecule is O[C@H]1CCN(CC2CCOC2)[C@H]1Cc1ccncc1. The minimum atomic E-state index is -0.199. The number of aliphatic hydroxyl groups is 1. The van der Waals surface area contributed by atoms with Gasteiger partial charge in [0.1, 0.15) is 0 Å². The van der Waals surface area contributed by atoms with Gasteiger partial charge in [-0.1, -0.05) is 0 Å². The second kappa shape index (κ2) is 5.99. The second-order valence-electron chi connectivity index (χ2n) is 5.71. The van der Waals surface area contributed by atoms with E-state index < -0.39 is 0 Å². The summed E-state index contributed by atoms with van der Waals surface area (Å²) in [6, 6.07) is 4.34. The third-order valence-electron chi connectivity index (χ3n) is 4.34. The fourth-order valence-electron chi connectivity index (χ4n) is 3.21. The van der Waals surface area contributed by atoms with Crippen molar-refractivity contribution in [2.45, 2.75) is 31.4 Å². The average molecular weight is 262 g/mol. The van der Waals surface area contributed by atoms with Gasteiger partial charge in [0.25, 0.3) is 0 Å². The molecule has 1 N–H and O–H groups in total. The molecule has 0 radical (unpaired) electrons. The zero-order valence-electron chi connectivity index (χ0n) is 11.2. The molecule has 1 aromatic rings. The normalized spacial score (nSPS) is 31.9. The van der Waals surface area contributed by atoms with E-state index >= 15 is 0 Å². The van der Waals surface area contributed by atoms with Crippen LogP contribution in [0.25, 0.3) is 0 Å². The summed E-state index contributed by atoms with van der Waals surface area (Å²) in [5, 5.41) is 10.2. The van der Waals surface area contributed by atoms with Crippen LogP contribution in [0, 0.1) is 5.92 Å². The van der Waals surface area contributed by atoms with Crippen LogP contribution in [-0.2, 0) is 11.2 Å². The molecule has 1 aromatic heterocycles. The minimum Gasteiger partial charge on any atom is -0.391 e. The number of hydrogen-bond donors (Lipinski definition) is 1. The summed E-state index contributed by atoms with van der Waals surface area (Å²) in [5.41, 5.74) is 1.26. The molecule has 0 saturated carbocycles. The maximum atomic E-state index is 10.2. The Morgan fingerprint density at radius 2 is 2.16 bits per heavy atom. The molecule has 0 bridgehead atoms. The fourth-order valence-corrected chi connectivity index (χ4v) is 3.21. The van der Waals surface area contributed by atoms with Gasteiger partial charge in [-0.05, 0) is 42.9 Å². The van der Waals surface area contributed by atoms with E-state index in [-0.39, 0.29) is 12.1 Å². The third-order valence-corrected chi connectivity index (χ3v) is 4.34. The molecule has 0 amide bonds. The minimum absolute atomic E-state index is 0.199. The largest absolute Gasteiger partial charge is 0.391 e. The van der Waals surface area contributed by atoms with Crippen LogP contribution in [0.15, 0.2) is 24.5 Å². The molecule has 0 aliphatic carbocycles. The zero-order valence-corrected chi connectivity index (χ0v) is 11.2. The smallest absolute Gasteiger partial charge is 0.0710 e. The molecule has 3 atom stereocenters. The van der Waals surface area contributed by atoms with E-state index in [1.807, 2.05) is 24.5 Å². The molecular formula is C15H22N2O2. The van der Waals surface area contributed by atoms with Gasteiger partial charge in [0.15, 0.2) is 0 Å². The van der Waals surface area contributed by atoms with Crippen LogP contribution >= 0.6 is 0 Å². The summed E-state index contributed by atoms with van der Waals surface area (Å²) in [6.45, 7) is 3.85. The molecule has 1 unspecified atom stereocenters. The first kappa shape index (κ1) is 13.0. The molecule has 19 heavy (non-hydrogen) atoms. The van der Waals surface area contributed by atoms with Crippen LogP contribution in [0.3, 0.4) is 0 Å². The number of rotatable bonds is 4. The number of aliphatic hydroxyl groups excluding tert-OH is 1. The summed E-state index contributed by atoms with van der Waals surface area (Å²) in [6.07, 6.45) is 6.42. The number of aromatic nitrogens is 1. The van der Waals surface area contributed by atoms with Crippen molar-refractivity contribution < 1.29 is 9.84 Å². The molecule has 2 aliphatic heterocycles. The zero-order chi connectivity index (χ0) is 13.1. The molecule has 104 valence electrons. The second-order valence-corrected chi connectivity index (χ2v) is 5.71. The molecule has 4 heteroatoms. The number of likely N-dealkylation sites (tertiary alicyclic amines) is 1. The highest BCUT2D eigenvalue weighted by Crippen LogP contribution is 2.25. The lowest BCUT2D eigenvalue weighted by Crippen LogP contribution is -2.40. The fraction of sp³-hybridized carbons (Fsp3) is 0.667. The van der Waals surface area contributed by atoms with Crippen molar-refractivity contribution in [3.8, 4) is 0 Å². The Labute approximate surface area is 114 Å². The Balaban J connectivity index is 1.63. The molecule has 2 saturated heterocycles. The first-order valence-corrected chi connectivity index (χ1v) is 7.21. The van der Waals surface area contributed by atoms with Crippen LogP contribution in [0.4, 0.5) is 0 Å². The van der Waals surface area contributed by atoms with Gasteiger partial charge in [0, 0.05) is 38.1 Å². The molecular weight excluding hydrogens is 240 g/mol. The monoisotopic (exact) mass is 262 g/mol. The first-order valence-electron chi connectivity index (χ1n) is 7.21. The van der Waals surface area contributed by atoms with E-state index in [2.05, 4.69) is 9.88 Å². The predicted molar refractivity (Wildman–Crippen MR) is 72.9 cm³/mol. The highest BCUT2D eigenvalue weighted by molar-refractivity contribution is 5.13. The van der Waals surface area contributed by atoms with E-state index in [0.717, 1.165) is 45.6 Å². The summed E-state index contributed by atoms with van der Waals surface area (Å²) in [7, 11) is 0. The van der Waals surface area contributed by atoms with E-state index in [4.69, 9.17) is 4.74 Å². The lowest BCUT2D eigenvalue weighted by molar-refractivity contribution is 0.103. The van der Waals surface area contributed by atoms with Crippen molar-refractivity contribution in [3.63, 3.8) is 0 Å². The third kappa shape index (κ3) is 3.14. The number of pyridine rings is 1. The highest BCUT2D eigenvalue weighted by atomic mass is 16.5. The molecule has 3 heterocycles. The van der Waals surface area contributed by atoms with Gasteiger partial charge < -0.3 is 9.84 Å². The van der Waals surface area contributed by atoms with Crippen molar-refractivity contribution >= 4 is 0 Å². The van der Waals surface area contributed by atoms with Crippen LogP contribution in [-0.4, -0.2) is 53.4 Å². The molecule has 2 aliphatic rings. The van der Waals surface area contributed by atoms with Crippen LogP contribution < -0.4 is 0 Å². The number of ether oxygens (including phenoxy) is 1. The van der Waals surface area contributed by atoms with E-state index in [0.29, 0.717) is 5.92 Å². The van der Waals surface area contributed by atoms with Crippen molar-refractivity contribution in [3.05, 3.63) is 30.1 Å². The molecule has 0 aromatic carbocycles. The van der Waals surface area contributed by atoms with Gasteiger partial charge in [-0.15, -0.1) is 0 Å². The average Bonchev–Trinajstić information content (AvgIpc) is 3.05. The van der Waals surface area contributed by atoms with Gasteiger partial charge in [-0.25, -0.2) is 0 Å². The van der Waals surface area contributed by atoms with Gasteiger partial charge >= 0.3 is 0 Å². The Morgan fingerprint density at radius 1 is 1.32 bits per heavy atom. The van der Waals surface area contributed by atoms with E-state index in [9.17, 15) is 5.11 Å². The van der Waals surface area contributed by atoms with Crippen LogP contribution in [0.2, 0.25) is 0 Å². The van der Waals surface area contributed by atoms with E-state index in [1.54, 1.807) is 0 Å². The van der Waals surface area contributed by atoms with Gasteiger partial charge in [0.05, 0.1) is 12.7 Å². The summed E-state index contributed by atoms with van der Waals surface area (Å²) < 4.78 is 5.45.